The van der Waals surface area contributed by atoms with Crippen LogP contribution in [0.1, 0.15) is 30.1 Å². The molecule has 0 radical (unpaired) electrons. The Morgan fingerprint density at radius 3 is 3.33 bits per heavy atom. The zero-order valence-corrected chi connectivity index (χ0v) is 6.71. The van der Waals surface area contributed by atoms with Gasteiger partial charge >= 0.3 is 0 Å². The van der Waals surface area contributed by atoms with Crippen molar-refractivity contribution >= 4 is 5.88 Å². The second kappa shape index (κ2) is 2.01. The maximum atomic E-state index is 5.68. The van der Waals surface area contributed by atoms with Crippen molar-refractivity contribution in [2.24, 2.45) is 0 Å². The first kappa shape index (κ1) is 6.48. The molecule has 0 aliphatic carbocycles. The molecule has 4 heteroatoms. The van der Waals surface area contributed by atoms with E-state index in [-0.39, 0.29) is 0 Å². The highest BCUT2D eigenvalue weighted by Gasteiger charge is 2.36. The van der Waals surface area contributed by atoms with E-state index in [4.69, 9.17) is 10.3 Å². The fraction of sp³-hybridized carbons (Fsp3) is 0.625. The highest BCUT2D eigenvalue weighted by Crippen LogP contribution is 2.38. The Balaban J connectivity index is 2.15. The number of nitrogen functional groups attached to an aromatic ring is 1. The van der Waals surface area contributed by atoms with Crippen molar-refractivity contribution in [3.63, 3.8) is 0 Å². The summed E-state index contributed by atoms with van der Waals surface area (Å²) in [6.07, 6.45) is 3.38. The Labute approximate surface area is 70.1 Å². The summed E-state index contributed by atoms with van der Waals surface area (Å²) < 4.78 is 4.96. The molecule has 0 amide bonds. The molecule has 3 N–H and O–H groups in total. The van der Waals surface area contributed by atoms with E-state index in [0.717, 1.165) is 17.7 Å². The topological polar surface area (TPSA) is 64.1 Å². The fourth-order valence-corrected chi connectivity index (χ4v) is 2.31. The van der Waals surface area contributed by atoms with Gasteiger partial charge in [-0.1, -0.05) is 5.16 Å². The van der Waals surface area contributed by atoms with E-state index in [9.17, 15) is 0 Å². The molecule has 2 unspecified atom stereocenters. The minimum atomic E-state index is 0.407. The summed E-state index contributed by atoms with van der Waals surface area (Å²) in [5, 5.41) is 7.45. The van der Waals surface area contributed by atoms with Crippen LogP contribution in [-0.2, 0) is 6.42 Å². The molecule has 0 aromatic carbocycles. The highest BCUT2D eigenvalue weighted by atomic mass is 16.5. The quantitative estimate of drug-likeness (QED) is 0.591. The van der Waals surface area contributed by atoms with Crippen LogP contribution in [0.4, 0.5) is 5.88 Å². The third-order valence-corrected chi connectivity index (χ3v) is 2.86. The van der Waals surface area contributed by atoms with Gasteiger partial charge in [-0.3, -0.25) is 0 Å². The van der Waals surface area contributed by atoms with Crippen LogP contribution in [0.3, 0.4) is 0 Å². The van der Waals surface area contributed by atoms with E-state index in [1.807, 2.05) is 0 Å². The summed E-state index contributed by atoms with van der Waals surface area (Å²) in [5.74, 6) is 0.503. The lowest BCUT2D eigenvalue weighted by molar-refractivity contribution is 0.422. The highest BCUT2D eigenvalue weighted by molar-refractivity contribution is 5.44. The zero-order valence-electron chi connectivity index (χ0n) is 6.71. The van der Waals surface area contributed by atoms with Gasteiger partial charge in [0.15, 0.2) is 0 Å². The average molecular weight is 165 g/mol. The molecule has 2 atom stereocenters. The summed E-state index contributed by atoms with van der Waals surface area (Å²) in [6.45, 7) is 0. The summed E-state index contributed by atoms with van der Waals surface area (Å²) in [5.41, 5.74) is 7.86. The number of hydrogen-bond donors (Lipinski definition) is 2. The van der Waals surface area contributed by atoms with E-state index in [0.29, 0.717) is 18.0 Å². The van der Waals surface area contributed by atoms with Crippen molar-refractivity contribution in [1.82, 2.24) is 10.5 Å². The number of rotatable bonds is 0. The molecule has 1 aromatic rings. The summed E-state index contributed by atoms with van der Waals surface area (Å²) in [6, 6.07) is 1.01. The number of anilines is 1. The van der Waals surface area contributed by atoms with Gasteiger partial charge in [-0.25, -0.2) is 0 Å². The van der Waals surface area contributed by atoms with Gasteiger partial charge < -0.3 is 15.6 Å². The van der Waals surface area contributed by atoms with Gasteiger partial charge in [0.05, 0.1) is 11.3 Å². The first-order valence-corrected chi connectivity index (χ1v) is 4.34. The van der Waals surface area contributed by atoms with Crippen LogP contribution in [0.15, 0.2) is 4.52 Å². The Hall–Kier alpha value is -1.03. The SMILES string of the molecule is Nc1onc2c1C1CCC(C2)N1. The predicted molar refractivity (Wildman–Crippen MR) is 43.5 cm³/mol. The maximum absolute atomic E-state index is 5.68. The smallest absolute Gasteiger partial charge is 0.227 e. The van der Waals surface area contributed by atoms with Crippen molar-refractivity contribution in [1.29, 1.82) is 0 Å². The Bertz CT molecular complexity index is 320. The van der Waals surface area contributed by atoms with Crippen LogP contribution in [0.5, 0.6) is 0 Å². The summed E-state index contributed by atoms with van der Waals surface area (Å²) in [7, 11) is 0. The molecule has 0 spiro atoms. The lowest BCUT2D eigenvalue weighted by Crippen LogP contribution is -2.31. The molecule has 2 aliphatic rings. The molecule has 64 valence electrons. The predicted octanol–water partition coefficient (Wildman–Crippen LogP) is 0.606. The van der Waals surface area contributed by atoms with E-state index in [1.165, 1.54) is 12.8 Å². The van der Waals surface area contributed by atoms with Crippen LogP contribution in [0.2, 0.25) is 0 Å². The summed E-state index contributed by atoms with van der Waals surface area (Å²) >= 11 is 0. The van der Waals surface area contributed by atoms with Gasteiger partial charge in [0.25, 0.3) is 0 Å². The van der Waals surface area contributed by atoms with Gasteiger partial charge in [-0.2, -0.15) is 0 Å². The molecular formula is C8H11N3O. The lowest BCUT2D eigenvalue weighted by atomic mass is 10.0. The Morgan fingerprint density at radius 2 is 2.42 bits per heavy atom. The summed E-state index contributed by atoms with van der Waals surface area (Å²) in [4.78, 5) is 0. The standard InChI is InChI=1S/C8H11N3O/c9-8-7-5-2-1-4(10-5)3-6(7)11-12-8/h4-5,10H,1-3,9H2. The van der Waals surface area contributed by atoms with Crippen LogP contribution in [0, 0.1) is 0 Å². The van der Waals surface area contributed by atoms with Gasteiger partial charge in [0.2, 0.25) is 5.88 Å². The van der Waals surface area contributed by atoms with Gasteiger partial charge in [0, 0.05) is 18.5 Å². The van der Waals surface area contributed by atoms with Gasteiger partial charge in [-0.15, -0.1) is 0 Å². The molecule has 0 saturated carbocycles. The zero-order chi connectivity index (χ0) is 8.13. The third kappa shape index (κ3) is 0.679. The number of hydrogen-bond acceptors (Lipinski definition) is 4. The van der Waals surface area contributed by atoms with Gasteiger partial charge in [0.1, 0.15) is 0 Å². The van der Waals surface area contributed by atoms with E-state index in [2.05, 4.69) is 10.5 Å². The van der Waals surface area contributed by atoms with E-state index < -0.39 is 0 Å². The van der Waals surface area contributed by atoms with Crippen LogP contribution in [0.25, 0.3) is 0 Å². The second-order valence-corrected chi connectivity index (χ2v) is 3.60. The van der Waals surface area contributed by atoms with Crippen LogP contribution >= 0.6 is 0 Å². The second-order valence-electron chi connectivity index (χ2n) is 3.60. The molecule has 1 aromatic heterocycles. The monoisotopic (exact) mass is 165 g/mol. The Kier molecular flexibility index (Phi) is 1.09. The number of nitrogens with zero attached hydrogens (tertiary/aromatic N) is 1. The minimum absolute atomic E-state index is 0.407. The van der Waals surface area contributed by atoms with Crippen molar-refractivity contribution in [2.75, 3.05) is 5.73 Å². The van der Waals surface area contributed by atoms with Crippen molar-refractivity contribution in [2.45, 2.75) is 31.3 Å². The molecule has 2 aliphatic heterocycles. The molecule has 3 heterocycles. The molecule has 1 saturated heterocycles. The fourth-order valence-electron chi connectivity index (χ4n) is 2.31. The van der Waals surface area contributed by atoms with Crippen molar-refractivity contribution in [3.8, 4) is 0 Å². The maximum Gasteiger partial charge on any atom is 0.227 e. The number of nitrogens with one attached hydrogen (secondary N) is 1. The normalized spacial score (nSPS) is 32.0. The van der Waals surface area contributed by atoms with E-state index >= 15 is 0 Å². The largest absolute Gasteiger partial charge is 0.367 e. The molecule has 1 fully saturated rings. The third-order valence-electron chi connectivity index (χ3n) is 2.86. The molecule has 2 bridgehead atoms. The molecule has 12 heavy (non-hydrogen) atoms. The first-order valence-electron chi connectivity index (χ1n) is 4.34. The van der Waals surface area contributed by atoms with Crippen LogP contribution < -0.4 is 11.1 Å². The number of aromatic nitrogens is 1. The number of nitrogens with two attached hydrogens (primary N) is 1. The van der Waals surface area contributed by atoms with Crippen LogP contribution in [-0.4, -0.2) is 11.2 Å². The van der Waals surface area contributed by atoms with E-state index in [1.54, 1.807) is 0 Å². The van der Waals surface area contributed by atoms with Crippen molar-refractivity contribution in [3.05, 3.63) is 11.3 Å². The Morgan fingerprint density at radius 1 is 1.50 bits per heavy atom. The molecule has 4 nitrogen and oxygen atoms in total. The van der Waals surface area contributed by atoms with Crippen molar-refractivity contribution < 1.29 is 4.52 Å². The molecular weight excluding hydrogens is 154 g/mol. The average Bonchev–Trinajstić information content (AvgIpc) is 2.59. The minimum Gasteiger partial charge on any atom is -0.367 e. The lowest BCUT2D eigenvalue weighted by Gasteiger charge is -2.19. The van der Waals surface area contributed by atoms with Gasteiger partial charge in [-0.05, 0) is 12.8 Å². The first-order chi connectivity index (χ1) is 5.84. The number of fused-ring (bicyclic) bond motifs is 4. The molecule has 3 rings (SSSR count).